The minimum atomic E-state index is -1.12. The van der Waals surface area contributed by atoms with Gasteiger partial charge in [0.1, 0.15) is 22.7 Å². The van der Waals surface area contributed by atoms with Crippen molar-refractivity contribution in [1.82, 2.24) is 4.98 Å². The lowest BCUT2D eigenvalue weighted by atomic mass is 10.00. The van der Waals surface area contributed by atoms with Crippen LogP contribution in [0.15, 0.2) is 23.6 Å². The van der Waals surface area contributed by atoms with Gasteiger partial charge in [0.2, 0.25) is 0 Å². The Labute approximate surface area is 136 Å². The highest BCUT2D eigenvalue weighted by Crippen LogP contribution is 2.31. The largest absolute Gasteiger partial charge is 0.374 e. The third kappa shape index (κ3) is 3.44. The number of carbonyl (C=O) groups excluding carboxylic acids is 1. The van der Waals surface area contributed by atoms with Gasteiger partial charge >= 0.3 is 0 Å². The van der Waals surface area contributed by atoms with Crippen LogP contribution in [-0.2, 0) is 9.53 Å². The molecule has 0 fully saturated rings. The lowest BCUT2D eigenvalue weighted by Gasteiger charge is -2.13. The number of nitriles is 1. The van der Waals surface area contributed by atoms with Crippen LogP contribution in [0.5, 0.6) is 0 Å². The normalized spacial score (nSPS) is 13.3. The maximum atomic E-state index is 13.8. The molecule has 0 amide bonds. The van der Waals surface area contributed by atoms with Crippen LogP contribution in [-0.4, -0.2) is 24.0 Å². The van der Waals surface area contributed by atoms with Crippen LogP contribution >= 0.6 is 11.3 Å². The van der Waals surface area contributed by atoms with E-state index < -0.39 is 29.4 Å². The van der Waals surface area contributed by atoms with Crippen LogP contribution < -0.4 is 0 Å². The lowest BCUT2D eigenvalue weighted by Crippen LogP contribution is -2.27. The molecule has 0 saturated carbocycles. The van der Waals surface area contributed by atoms with Gasteiger partial charge < -0.3 is 4.74 Å². The maximum Gasteiger partial charge on any atom is 0.185 e. The molecule has 2 aromatic rings. The fourth-order valence-electron chi connectivity index (χ4n) is 2.19. The highest BCUT2D eigenvalue weighted by atomic mass is 32.1. The van der Waals surface area contributed by atoms with Crippen molar-refractivity contribution in [3.05, 3.63) is 40.2 Å². The van der Waals surface area contributed by atoms with Crippen LogP contribution in [0.2, 0.25) is 0 Å². The van der Waals surface area contributed by atoms with Gasteiger partial charge in [0.05, 0.1) is 17.3 Å². The fraction of sp³-hybridized carbons (Fsp3) is 0.312. The summed E-state index contributed by atoms with van der Waals surface area (Å²) >= 11 is 1.02. The van der Waals surface area contributed by atoms with Crippen molar-refractivity contribution in [2.75, 3.05) is 7.11 Å². The van der Waals surface area contributed by atoms with Crippen LogP contribution in [0, 0.1) is 23.0 Å². The first-order valence-corrected chi connectivity index (χ1v) is 7.77. The van der Waals surface area contributed by atoms with E-state index in [0.29, 0.717) is 6.42 Å². The highest BCUT2D eigenvalue weighted by Gasteiger charge is 2.30. The molecule has 1 aromatic heterocycles. The summed E-state index contributed by atoms with van der Waals surface area (Å²) in [5, 5.41) is 10.9. The minimum absolute atomic E-state index is 0.0686. The van der Waals surface area contributed by atoms with E-state index in [9.17, 15) is 18.8 Å². The van der Waals surface area contributed by atoms with E-state index >= 15 is 0 Å². The number of hydrogen-bond donors (Lipinski definition) is 0. The summed E-state index contributed by atoms with van der Waals surface area (Å²) in [5.74, 6) is -3.02. The predicted octanol–water partition coefficient (Wildman–Crippen LogP) is 3.69. The summed E-state index contributed by atoms with van der Waals surface area (Å²) in [7, 11) is 1.39. The van der Waals surface area contributed by atoms with Crippen molar-refractivity contribution in [1.29, 1.82) is 5.26 Å². The number of nitrogens with zero attached hydrogens (tertiary/aromatic N) is 2. The average molecular weight is 336 g/mol. The first-order chi connectivity index (χ1) is 11.0. The molecule has 7 heteroatoms. The number of aromatic nitrogens is 1. The van der Waals surface area contributed by atoms with Crippen LogP contribution in [0.1, 0.15) is 24.3 Å². The second-order valence-electron chi connectivity index (χ2n) is 4.76. The number of benzene rings is 1. The molecule has 0 radical (unpaired) electrons. The standard InChI is InChI=1S/C16H14F2N2O2S/c1-3-13(22-2)15(21)9(7-19)16-20-12(8-23-16)14-10(17)5-4-6-11(14)18/h4-6,8-9,13H,3H2,1-2H3/t9-,13+/m1/s1. The highest BCUT2D eigenvalue weighted by molar-refractivity contribution is 7.10. The van der Waals surface area contributed by atoms with Crippen molar-refractivity contribution in [2.45, 2.75) is 25.4 Å². The van der Waals surface area contributed by atoms with E-state index in [0.717, 1.165) is 23.5 Å². The number of Topliss-reactive ketones (excluding diaryl/α,β-unsaturated/α-hetero) is 1. The van der Waals surface area contributed by atoms with E-state index in [1.807, 2.05) is 6.07 Å². The van der Waals surface area contributed by atoms with Crippen molar-refractivity contribution in [3.63, 3.8) is 0 Å². The molecule has 1 aromatic carbocycles. The summed E-state index contributed by atoms with van der Waals surface area (Å²) in [6, 6.07) is 5.40. The van der Waals surface area contributed by atoms with E-state index in [4.69, 9.17) is 4.74 Å². The number of rotatable bonds is 6. The molecule has 0 aliphatic carbocycles. The summed E-state index contributed by atoms with van der Waals surface area (Å²) < 4.78 is 32.6. The van der Waals surface area contributed by atoms with Gasteiger partial charge in [0.25, 0.3) is 0 Å². The Morgan fingerprint density at radius 1 is 1.43 bits per heavy atom. The third-order valence-electron chi connectivity index (χ3n) is 3.37. The van der Waals surface area contributed by atoms with Gasteiger partial charge in [-0.1, -0.05) is 13.0 Å². The first-order valence-electron chi connectivity index (χ1n) is 6.89. The number of hydrogen-bond acceptors (Lipinski definition) is 5. The molecule has 0 N–H and O–H groups in total. The Kier molecular flexibility index (Phi) is 5.53. The summed E-state index contributed by atoms with van der Waals surface area (Å²) in [6.07, 6.45) is -0.287. The number of carbonyl (C=O) groups is 1. The van der Waals surface area contributed by atoms with Crippen molar-refractivity contribution < 1.29 is 18.3 Å². The molecular formula is C16H14F2N2O2S. The van der Waals surface area contributed by atoms with Gasteiger partial charge in [-0.05, 0) is 18.6 Å². The molecule has 2 atom stereocenters. The van der Waals surface area contributed by atoms with Gasteiger partial charge in [-0.2, -0.15) is 5.26 Å². The fourth-order valence-corrected chi connectivity index (χ4v) is 3.05. The second-order valence-corrected chi connectivity index (χ2v) is 5.65. The topological polar surface area (TPSA) is 63.0 Å². The van der Waals surface area contributed by atoms with E-state index in [-0.39, 0.29) is 16.3 Å². The smallest absolute Gasteiger partial charge is 0.185 e. The molecule has 23 heavy (non-hydrogen) atoms. The Morgan fingerprint density at radius 2 is 2.09 bits per heavy atom. The van der Waals surface area contributed by atoms with Gasteiger partial charge in [-0.15, -0.1) is 11.3 Å². The Bertz CT molecular complexity index is 731. The van der Waals surface area contributed by atoms with Gasteiger partial charge in [-0.3, -0.25) is 4.79 Å². The van der Waals surface area contributed by atoms with Gasteiger partial charge in [-0.25, -0.2) is 13.8 Å². The monoisotopic (exact) mass is 336 g/mol. The SMILES string of the molecule is CC[C@H](OC)C(=O)[C@@H](C#N)c1nc(-c2c(F)cccc2F)cs1. The Morgan fingerprint density at radius 3 is 2.61 bits per heavy atom. The van der Waals surface area contributed by atoms with Crippen LogP contribution in [0.4, 0.5) is 8.78 Å². The maximum absolute atomic E-state index is 13.8. The van der Waals surface area contributed by atoms with Crippen molar-refractivity contribution >= 4 is 17.1 Å². The molecule has 1 heterocycles. The number of halogens is 2. The second kappa shape index (κ2) is 7.40. The molecule has 0 unspecified atom stereocenters. The molecule has 0 saturated heterocycles. The number of ketones is 1. The molecule has 2 rings (SSSR count). The predicted molar refractivity (Wildman–Crippen MR) is 81.9 cm³/mol. The number of methoxy groups -OCH3 is 1. The lowest BCUT2D eigenvalue weighted by molar-refractivity contribution is -0.129. The Balaban J connectivity index is 2.38. The summed E-state index contributed by atoms with van der Waals surface area (Å²) in [5.41, 5.74) is -0.197. The number of thiazole rings is 1. The minimum Gasteiger partial charge on any atom is -0.374 e. The van der Waals surface area contributed by atoms with Crippen LogP contribution in [0.3, 0.4) is 0 Å². The van der Waals surface area contributed by atoms with Crippen LogP contribution in [0.25, 0.3) is 11.3 Å². The molecule has 120 valence electrons. The van der Waals surface area contributed by atoms with E-state index in [1.54, 1.807) is 6.92 Å². The summed E-state index contributed by atoms with van der Waals surface area (Å²) in [4.78, 5) is 16.4. The molecule has 4 nitrogen and oxygen atoms in total. The zero-order valence-electron chi connectivity index (χ0n) is 12.5. The molecule has 0 aliphatic heterocycles. The molecule has 0 aliphatic rings. The Hall–Kier alpha value is -2.17. The molecular weight excluding hydrogens is 322 g/mol. The van der Waals surface area contributed by atoms with Crippen molar-refractivity contribution in [2.24, 2.45) is 0 Å². The molecule has 0 spiro atoms. The molecule has 0 bridgehead atoms. The van der Waals surface area contributed by atoms with Gasteiger partial charge in [0, 0.05) is 12.5 Å². The average Bonchev–Trinajstić information content (AvgIpc) is 2.98. The van der Waals surface area contributed by atoms with E-state index in [1.165, 1.54) is 18.6 Å². The summed E-state index contributed by atoms with van der Waals surface area (Å²) in [6.45, 7) is 1.77. The zero-order valence-corrected chi connectivity index (χ0v) is 13.4. The first kappa shape index (κ1) is 17.2. The van der Waals surface area contributed by atoms with Crippen molar-refractivity contribution in [3.8, 4) is 17.3 Å². The zero-order chi connectivity index (χ0) is 17.0. The van der Waals surface area contributed by atoms with E-state index in [2.05, 4.69) is 4.98 Å². The quantitative estimate of drug-likeness (QED) is 0.807. The number of ether oxygens (including phenoxy) is 1. The third-order valence-corrected chi connectivity index (χ3v) is 4.28. The van der Waals surface area contributed by atoms with Gasteiger partial charge in [0.15, 0.2) is 11.7 Å².